The Bertz CT molecular complexity index is 424. The third-order valence-corrected chi connectivity index (χ3v) is 7.46. The van der Waals surface area contributed by atoms with Crippen molar-refractivity contribution in [1.82, 2.24) is 20.3 Å². The monoisotopic (exact) mass is 328 g/mol. The van der Waals surface area contributed by atoms with Gasteiger partial charge in [0.15, 0.2) is 0 Å². The fourth-order valence-electron chi connectivity index (χ4n) is 2.60. The number of nitrogens with zero attached hydrogens (tertiary/aromatic N) is 3. The molecular formula is C15H28N4S2. The minimum Gasteiger partial charge on any atom is -0.308 e. The van der Waals surface area contributed by atoms with Gasteiger partial charge >= 0.3 is 0 Å². The van der Waals surface area contributed by atoms with E-state index in [4.69, 9.17) is 0 Å². The predicted molar refractivity (Wildman–Crippen MR) is 94.1 cm³/mol. The second-order valence-corrected chi connectivity index (χ2v) is 8.76. The van der Waals surface area contributed by atoms with Crippen LogP contribution in [-0.4, -0.2) is 43.0 Å². The highest BCUT2D eigenvalue weighted by atomic mass is 32.2. The van der Waals surface area contributed by atoms with Crippen LogP contribution in [-0.2, 0) is 6.54 Å². The smallest absolute Gasteiger partial charge is 0.0768 e. The number of hydrogen-bond donors (Lipinski definition) is 1. The first-order valence-corrected chi connectivity index (χ1v) is 10.0. The summed E-state index contributed by atoms with van der Waals surface area (Å²) < 4.78 is 2.08. The maximum Gasteiger partial charge on any atom is 0.0768 e. The van der Waals surface area contributed by atoms with Gasteiger partial charge in [0, 0.05) is 28.0 Å². The van der Waals surface area contributed by atoms with Gasteiger partial charge in [-0.2, -0.15) is 23.5 Å². The van der Waals surface area contributed by atoms with Crippen molar-refractivity contribution in [2.24, 2.45) is 0 Å². The molecule has 0 aromatic carbocycles. The van der Waals surface area contributed by atoms with E-state index in [1.54, 1.807) is 0 Å². The molecule has 1 fully saturated rings. The number of aromatic nitrogens is 3. The molecule has 1 aliphatic rings. The molecule has 4 nitrogen and oxygen atoms in total. The van der Waals surface area contributed by atoms with Crippen LogP contribution < -0.4 is 5.32 Å². The summed E-state index contributed by atoms with van der Waals surface area (Å²) in [5.74, 6) is 1.20. The molecule has 1 aliphatic heterocycles. The first-order chi connectivity index (χ1) is 10.2. The van der Waals surface area contributed by atoms with E-state index in [2.05, 4.69) is 71.5 Å². The second kappa shape index (κ2) is 8.44. The zero-order chi connectivity index (χ0) is 15.2. The Kier molecular flexibility index (Phi) is 6.89. The summed E-state index contributed by atoms with van der Waals surface area (Å²) in [5.41, 5.74) is 1.25. The minimum atomic E-state index is 0.360. The number of thioether (sulfide) groups is 2. The second-order valence-electron chi connectivity index (χ2n) is 5.73. The molecule has 0 aliphatic carbocycles. The molecule has 21 heavy (non-hydrogen) atoms. The topological polar surface area (TPSA) is 42.7 Å². The molecule has 1 N–H and O–H groups in total. The van der Waals surface area contributed by atoms with Gasteiger partial charge in [-0.1, -0.05) is 32.9 Å². The summed E-state index contributed by atoms with van der Waals surface area (Å²) in [5, 5.41) is 14.2. The van der Waals surface area contributed by atoms with Crippen molar-refractivity contribution in [3.63, 3.8) is 0 Å². The third-order valence-electron chi connectivity index (χ3n) is 3.96. The zero-order valence-electron chi connectivity index (χ0n) is 13.6. The average molecular weight is 329 g/mol. The van der Waals surface area contributed by atoms with Crippen molar-refractivity contribution in [2.75, 3.05) is 12.3 Å². The molecule has 0 spiro atoms. The molecule has 0 bridgehead atoms. The van der Waals surface area contributed by atoms with Crippen LogP contribution in [0.5, 0.6) is 0 Å². The molecule has 0 amide bonds. The van der Waals surface area contributed by atoms with Crippen LogP contribution >= 0.6 is 23.5 Å². The minimum absolute atomic E-state index is 0.360. The van der Waals surface area contributed by atoms with E-state index < -0.39 is 0 Å². The van der Waals surface area contributed by atoms with Gasteiger partial charge in [-0.15, -0.1) is 5.10 Å². The lowest BCUT2D eigenvalue weighted by Gasteiger charge is -2.36. The van der Waals surface area contributed by atoms with Gasteiger partial charge in [-0.05, 0) is 19.4 Å². The summed E-state index contributed by atoms with van der Waals surface area (Å²) >= 11 is 4.23. The van der Waals surface area contributed by atoms with Crippen LogP contribution in [0, 0.1) is 0 Å². The maximum absolute atomic E-state index is 4.27. The SMILES string of the molecule is CCCNC(c1cnnn1CCC)C1CSC(C)C(C)S1. The van der Waals surface area contributed by atoms with Crippen LogP contribution in [0.15, 0.2) is 6.20 Å². The summed E-state index contributed by atoms with van der Waals surface area (Å²) in [6.45, 7) is 11.1. The molecule has 1 aromatic rings. The highest BCUT2D eigenvalue weighted by Crippen LogP contribution is 2.40. The van der Waals surface area contributed by atoms with Crippen LogP contribution in [0.2, 0.25) is 0 Å². The van der Waals surface area contributed by atoms with E-state index in [-0.39, 0.29) is 0 Å². The Labute approximate surface area is 137 Å². The number of nitrogens with one attached hydrogen (secondary N) is 1. The molecule has 4 atom stereocenters. The molecule has 1 aromatic heterocycles. The van der Waals surface area contributed by atoms with Gasteiger partial charge in [0.05, 0.1) is 17.9 Å². The van der Waals surface area contributed by atoms with Crippen LogP contribution in [0.1, 0.15) is 52.3 Å². The highest BCUT2D eigenvalue weighted by Gasteiger charge is 2.33. The quantitative estimate of drug-likeness (QED) is 0.831. The van der Waals surface area contributed by atoms with Crippen molar-refractivity contribution >= 4 is 23.5 Å². The van der Waals surface area contributed by atoms with Gasteiger partial charge in [-0.3, -0.25) is 0 Å². The van der Waals surface area contributed by atoms with Crippen LogP contribution in [0.4, 0.5) is 0 Å². The molecule has 6 heteroatoms. The predicted octanol–water partition coefficient (Wildman–Crippen LogP) is 3.35. The number of rotatable bonds is 7. The first kappa shape index (κ1) is 17.2. The van der Waals surface area contributed by atoms with Crippen LogP contribution in [0.25, 0.3) is 0 Å². The lowest BCUT2D eigenvalue weighted by Crippen LogP contribution is -2.38. The molecule has 2 rings (SSSR count). The lowest BCUT2D eigenvalue weighted by molar-refractivity contribution is 0.465. The lowest BCUT2D eigenvalue weighted by atomic mass is 10.1. The summed E-state index contributed by atoms with van der Waals surface area (Å²) in [4.78, 5) is 0. The Morgan fingerprint density at radius 3 is 2.81 bits per heavy atom. The Morgan fingerprint density at radius 2 is 2.14 bits per heavy atom. The normalized spacial score (nSPS) is 27.7. The molecule has 4 unspecified atom stereocenters. The molecule has 1 saturated heterocycles. The van der Waals surface area contributed by atoms with Crippen molar-refractivity contribution in [1.29, 1.82) is 0 Å². The van der Waals surface area contributed by atoms with Crippen LogP contribution in [0.3, 0.4) is 0 Å². The van der Waals surface area contributed by atoms with Gasteiger partial charge < -0.3 is 5.32 Å². The molecule has 2 heterocycles. The maximum atomic E-state index is 4.27. The van der Waals surface area contributed by atoms with E-state index in [0.29, 0.717) is 16.5 Å². The Hall–Kier alpha value is -0.200. The number of aryl methyl sites for hydroxylation is 1. The van der Waals surface area contributed by atoms with Gasteiger partial charge in [0.2, 0.25) is 0 Å². The van der Waals surface area contributed by atoms with Gasteiger partial charge in [-0.25, -0.2) is 4.68 Å². The van der Waals surface area contributed by atoms with E-state index in [1.807, 2.05) is 6.20 Å². The average Bonchev–Trinajstić information content (AvgIpc) is 2.92. The standard InChI is InChI=1S/C15H28N4S2/c1-5-7-16-15(13-9-17-18-19(13)8-6-2)14-10-20-11(3)12(4)21-14/h9,11-12,14-16H,5-8,10H2,1-4H3. The van der Waals surface area contributed by atoms with Crippen molar-refractivity contribution in [3.8, 4) is 0 Å². The molecule has 0 saturated carbocycles. The first-order valence-electron chi connectivity index (χ1n) is 8.06. The number of hydrogen-bond acceptors (Lipinski definition) is 5. The summed E-state index contributed by atoms with van der Waals surface area (Å²) in [6.07, 6.45) is 4.20. The largest absolute Gasteiger partial charge is 0.308 e. The van der Waals surface area contributed by atoms with Gasteiger partial charge in [0.1, 0.15) is 0 Å². The van der Waals surface area contributed by atoms with E-state index >= 15 is 0 Å². The molecular weight excluding hydrogens is 300 g/mol. The summed E-state index contributed by atoms with van der Waals surface area (Å²) in [7, 11) is 0. The zero-order valence-corrected chi connectivity index (χ0v) is 15.2. The van der Waals surface area contributed by atoms with Crippen molar-refractivity contribution in [3.05, 3.63) is 11.9 Å². The summed E-state index contributed by atoms with van der Waals surface area (Å²) in [6, 6.07) is 0.360. The fraction of sp³-hybridized carbons (Fsp3) is 0.867. The third kappa shape index (κ3) is 4.39. The Balaban J connectivity index is 2.15. The van der Waals surface area contributed by atoms with Gasteiger partial charge in [0.25, 0.3) is 0 Å². The van der Waals surface area contributed by atoms with E-state index in [9.17, 15) is 0 Å². The molecule has 0 radical (unpaired) electrons. The van der Waals surface area contributed by atoms with Crippen molar-refractivity contribution < 1.29 is 0 Å². The van der Waals surface area contributed by atoms with E-state index in [0.717, 1.165) is 31.2 Å². The van der Waals surface area contributed by atoms with E-state index in [1.165, 1.54) is 11.4 Å². The Morgan fingerprint density at radius 1 is 1.33 bits per heavy atom. The molecule has 120 valence electrons. The van der Waals surface area contributed by atoms with Crippen molar-refractivity contribution in [2.45, 2.75) is 68.9 Å². The highest BCUT2D eigenvalue weighted by molar-refractivity contribution is 8.07. The fourth-order valence-corrected chi connectivity index (χ4v) is 5.70.